The van der Waals surface area contributed by atoms with E-state index < -0.39 is 0 Å². The van der Waals surface area contributed by atoms with E-state index in [1.807, 2.05) is 26.5 Å². The number of unbranched alkanes of at least 4 members (excludes halogenated alkanes) is 35. The Kier molecular flexibility index (Phi) is 63.6. The van der Waals surface area contributed by atoms with E-state index in [9.17, 15) is 47.9 Å². The lowest BCUT2D eigenvalue weighted by atomic mass is 9.98. The first-order valence-electron chi connectivity index (χ1n) is 45.2. The molecule has 8 amide bonds. The Labute approximate surface area is 655 Å². The van der Waals surface area contributed by atoms with Gasteiger partial charge >= 0.3 is 0 Å². The molecule has 0 saturated carbocycles. The minimum absolute atomic E-state index is 0.0179. The van der Waals surface area contributed by atoms with Crippen LogP contribution in [0.2, 0.25) is 0 Å². The molecule has 0 spiro atoms. The fraction of sp³-hybridized carbons (Fsp3) is 0.888. The molecule has 5 heterocycles. The van der Waals surface area contributed by atoms with Gasteiger partial charge < -0.3 is 40.4 Å². The summed E-state index contributed by atoms with van der Waals surface area (Å²) in [6, 6.07) is 0. The van der Waals surface area contributed by atoms with Crippen molar-refractivity contribution in [1.82, 2.24) is 40.4 Å². The number of amides is 8. The zero-order valence-corrected chi connectivity index (χ0v) is 71.0. The topological polar surface area (TPSA) is 223 Å². The maximum absolute atomic E-state index is 12.1. The number of carbonyl (C=O) groups excluding carboxylic acids is 10. The Morgan fingerprint density at radius 3 is 0.738 bits per heavy atom. The number of nitrogens with zero attached hydrogens (tertiary/aromatic N) is 5. The van der Waals surface area contributed by atoms with E-state index in [1.165, 1.54) is 186 Å². The summed E-state index contributed by atoms with van der Waals surface area (Å²) < 4.78 is 0. The molecule has 5 rings (SSSR count). The van der Waals surface area contributed by atoms with Crippen molar-refractivity contribution in [1.29, 1.82) is 0 Å². The fourth-order valence-electron chi connectivity index (χ4n) is 14.9. The number of rotatable bonds is 59. The van der Waals surface area contributed by atoms with Crippen molar-refractivity contribution in [3.63, 3.8) is 0 Å². The lowest BCUT2D eigenvalue weighted by Crippen LogP contribution is -2.33. The smallest absolute Gasteiger partial charge is 0.225 e. The molecule has 5 unspecified atom stereocenters. The van der Waals surface area contributed by atoms with Gasteiger partial charge in [-0.05, 0) is 64.7 Å². The van der Waals surface area contributed by atoms with Gasteiger partial charge in [0.05, 0.1) is 17.8 Å². The first-order chi connectivity index (χ1) is 51.9. The van der Waals surface area contributed by atoms with Gasteiger partial charge in [0.1, 0.15) is 11.6 Å². The third-order valence-corrected chi connectivity index (χ3v) is 22.1. The summed E-state index contributed by atoms with van der Waals surface area (Å²) in [6.45, 7) is 30.8. The van der Waals surface area contributed by atoms with Gasteiger partial charge in [0.15, 0.2) is 0 Å². The lowest BCUT2D eigenvalue weighted by Gasteiger charge is -2.16. The van der Waals surface area contributed by atoms with Crippen LogP contribution in [0.3, 0.4) is 0 Å². The van der Waals surface area contributed by atoms with Crippen molar-refractivity contribution in [2.45, 2.75) is 397 Å². The average Bonchev–Trinajstić information content (AvgIpc) is 1.76. The van der Waals surface area contributed by atoms with Crippen molar-refractivity contribution in [2.24, 2.45) is 29.6 Å². The van der Waals surface area contributed by atoms with Crippen LogP contribution in [0.4, 0.5) is 0 Å². The number of Topliss-reactive ketones (excluding diaryl/α,β-unsaturated/α-hetero) is 2. The van der Waals surface area contributed by atoms with E-state index >= 15 is 0 Å². The zero-order chi connectivity index (χ0) is 78.9. The van der Waals surface area contributed by atoms with Gasteiger partial charge in [0.2, 0.25) is 47.3 Å². The van der Waals surface area contributed by atoms with Gasteiger partial charge in [0, 0.05) is 142 Å². The van der Waals surface area contributed by atoms with Gasteiger partial charge in [-0.2, -0.15) is 0 Å². The highest BCUT2D eigenvalue weighted by Crippen LogP contribution is 2.26. The highest BCUT2D eigenvalue weighted by molar-refractivity contribution is 5.92. The van der Waals surface area contributed by atoms with Crippen LogP contribution in [0.25, 0.3) is 0 Å². The second kappa shape index (κ2) is 67.9. The molecule has 107 heavy (non-hydrogen) atoms. The Bertz CT molecular complexity index is 2340. The molecule has 5 atom stereocenters. The van der Waals surface area contributed by atoms with Crippen molar-refractivity contribution in [3.8, 4) is 0 Å². The third kappa shape index (κ3) is 49.2. The summed E-state index contributed by atoms with van der Waals surface area (Å²) in [6.07, 6.45) is 57.6. The van der Waals surface area contributed by atoms with Crippen molar-refractivity contribution < 1.29 is 47.9 Å². The predicted octanol–water partition coefficient (Wildman–Crippen LogP) is 18.8. The molecule has 0 bridgehead atoms. The Morgan fingerprint density at radius 2 is 0.458 bits per heavy atom. The SMILES string of the molecule is CCCCCCC(=O)C1CC(=O)N(CC)C1.CCCCCCC(=O)C1CC(=O)N(CCC)C1.CCCCCCCCCCCCCCCCN1CC(C(=O)NCCCC)CC1=O.CCCCCCCCCCCCN1CC(C(=O)NCCCC)CC1=O.CCCCCCN1CC(C(=O)NCCCCC)CC1=O. The highest BCUT2D eigenvalue weighted by Gasteiger charge is 2.37. The minimum Gasteiger partial charge on any atom is -0.356 e. The summed E-state index contributed by atoms with van der Waals surface area (Å²) in [5.41, 5.74) is 0. The number of hydrogen-bond donors (Lipinski definition) is 3. The van der Waals surface area contributed by atoms with Gasteiger partial charge in [-0.25, -0.2) is 0 Å². The molecule has 0 aromatic heterocycles. The fourth-order valence-corrected chi connectivity index (χ4v) is 14.9. The van der Waals surface area contributed by atoms with E-state index in [-0.39, 0.29) is 76.8 Å². The summed E-state index contributed by atoms with van der Waals surface area (Å²) in [4.78, 5) is 128. The van der Waals surface area contributed by atoms with E-state index in [4.69, 9.17) is 0 Å². The number of ketones is 2. The van der Waals surface area contributed by atoms with Gasteiger partial charge in [0.25, 0.3) is 0 Å². The molecule has 18 nitrogen and oxygen atoms in total. The maximum atomic E-state index is 12.1. The van der Waals surface area contributed by atoms with Crippen LogP contribution in [-0.2, 0) is 47.9 Å². The molecule has 0 aromatic rings. The van der Waals surface area contributed by atoms with Gasteiger partial charge in [-0.1, -0.05) is 287 Å². The second-order valence-electron chi connectivity index (χ2n) is 32.0. The summed E-state index contributed by atoms with van der Waals surface area (Å²) in [5.74, 6) is 1.13. The normalized spacial score (nSPS) is 18.2. The van der Waals surface area contributed by atoms with Gasteiger partial charge in [-0.3, -0.25) is 47.9 Å². The lowest BCUT2D eigenvalue weighted by molar-refractivity contribution is -0.129. The first kappa shape index (κ1) is 100. The van der Waals surface area contributed by atoms with E-state index in [1.54, 1.807) is 4.90 Å². The van der Waals surface area contributed by atoms with Crippen LogP contribution < -0.4 is 16.0 Å². The Morgan fingerprint density at radius 1 is 0.243 bits per heavy atom. The zero-order valence-electron chi connectivity index (χ0n) is 71.0. The second-order valence-corrected chi connectivity index (χ2v) is 32.0. The van der Waals surface area contributed by atoms with Crippen LogP contribution in [0.15, 0.2) is 0 Å². The van der Waals surface area contributed by atoms with Crippen LogP contribution in [0.5, 0.6) is 0 Å². The Balaban J connectivity index is 0.000000680. The molecule has 5 saturated heterocycles. The largest absolute Gasteiger partial charge is 0.356 e. The minimum atomic E-state index is -0.133. The third-order valence-electron chi connectivity index (χ3n) is 22.1. The number of hydrogen-bond acceptors (Lipinski definition) is 10. The molecule has 5 aliphatic heterocycles. The van der Waals surface area contributed by atoms with Crippen LogP contribution in [0.1, 0.15) is 397 Å². The molecular weight excluding hydrogens is 1340 g/mol. The molecule has 5 aliphatic rings. The molecule has 622 valence electrons. The first-order valence-corrected chi connectivity index (χ1v) is 45.2. The maximum Gasteiger partial charge on any atom is 0.225 e. The summed E-state index contributed by atoms with van der Waals surface area (Å²) >= 11 is 0. The number of likely N-dealkylation sites (tertiary alicyclic amines) is 5. The molecular formula is C89H166N8O10. The molecule has 0 aromatic carbocycles. The molecule has 0 aliphatic carbocycles. The number of nitrogens with one attached hydrogen (secondary N) is 3. The van der Waals surface area contributed by atoms with Crippen LogP contribution in [-0.4, -0.2) is 168 Å². The van der Waals surface area contributed by atoms with Crippen molar-refractivity contribution in [2.75, 3.05) is 85.1 Å². The van der Waals surface area contributed by atoms with Crippen molar-refractivity contribution >= 4 is 58.8 Å². The Hall–Kier alpha value is -4.90. The number of carbonyl (C=O) groups is 10. The molecule has 0 radical (unpaired) electrons. The monoisotopic (exact) mass is 1510 g/mol. The van der Waals surface area contributed by atoms with Crippen molar-refractivity contribution in [3.05, 3.63) is 0 Å². The highest BCUT2D eigenvalue weighted by atomic mass is 16.2. The summed E-state index contributed by atoms with van der Waals surface area (Å²) in [5, 5.41) is 8.89. The van der Waals surface area contributed by atoms with Gasteiger partial charge in [-0.15, -0.1) is 0 Å². The molecule has 3 N–H and O–H groups in total. The van der Waals surface area contributed by atoms with E-state index in [2.05, 4.69) is 78.3 Å². The van der Waals surface area contributed by atoms with Crippen LogP contribution >= 0.6 is 0 Å². The standard InChI is InChI=1S/C25H48N2O2.C21H40N2O2.C16H30N2O2.C14H25NO2.C13H23NO2/c1-3-5-7-8-9-10-11-12-13-14-15-16-17-18-20-27-22-23(21-24(27)28)25(29)26-19-6-4-2;1-3-5-7-8-9-10-11-12-13-14-16-23-18-19(17-20(23)24)21(25)22-15-6-4-2;1-3-5-7-9-11-18-13-14(12-15(18)19)16(20)17-10-8-6-4-2;1-3-5-6-7-8-13(16)12-10-14(17)15(11-12)9-4-2;1-3-5-6-7-8-12(15)11-9-13(16)14(4-2)10-11/h23H,3-22H2,1-2H3,(H,26,29);19H,3-18H2,1-2H3,(H,22,25);14H,3-13H2,1-2H3,(H,17,20);12H,3-11H2,1-2H3;11H,3-10H2,1-2H3. The predicted molar refractivity (Wildman–Crippen MR) is 442 cm³/mol. The van der Waals surface area contributed by atoms with E-state index in [0.29, 0.717) is 89.2 Å². The quantitative estimate of drug-likeness (QED) is 0.0489. The van der Waals surface area contributed by atoms with E-state index in [0.717, 1.165) is 149 Å². The van der Waals surface area contributed by atoms with Crippen LogP contribution in [0, 0.1) is 29.6 Å². The summed E-state index contributed by atoms with van der Waals surface area (Å²) in [7, 11) is 0. The molecule has 5 fully saturated rings. The average molecular weight is 1510 g/mol. The molecule has 18 heteroatoms.